The maximum Gasteiger partial charge on any atom is 0.224 e. The van der Waals surface area contributed by atoms with E-state index in [4.69, 9.17) is 11.6 Å². The number of anilines is 1. The lowest BCUT2D eigenvalue weighted by Gasteiger charge is -2.22. The third-order valence-corrected chi connectivity index (χ3v) is 3.09. The molecule has 80 valence electrons. The van der Waals surface area contributed by atoms with E-state index in [1.807, 2.05) is 12.1 Å². The van der Waals surface area contributed by atoms with Gasteiger partial charge in [0, 0.05) is 17.1 Å². The monoisotopic (exact) mass is 223 g/mol. The van der Waals surface area contributed by atoms with Gasteiger partial charge >= 0.3 is 0 Å². The van der Waals surface area contributed by atoms with Gasteiger partial charge in [-0.3, -0.25) is 4.79 Å². The summed E-state index contributed by atoms with van der Waals surface area (Å²) in [5.41, 5.74) is 3.31. The van der Waals surface area contributed by atoms with E-state index < -0.39 is 0 Å². The van der Waals surface area contributed by atoms with Gasteiger partial charge < -0.3 is 5.32 Å². The van der Waals surface area contributed by atoms with Gasteiger partial charge in [0.05, 0.1) is 0 Å². The molecule has 1 aliphatic heterocycles. The second-order valence-corrected chi connectivity index (χ2v) is 4.60. The standard InChI is InChI=1S/C12H14ClNO/c1-7(2)12-8-3-6-11(15)14-10(8)5-4-9(12)13/h4-5,7H,3,6H2,1-2H3,(H,14,15). The van der Waals surface area contributed by atoms with Crippen LogP contribution in [0.25, 0.3) is 0 Å². The number of hydrogen-bond acceptors (Lipinski definition) is 1. The minimum atomic E-state index is 0.0968. The number of hydrogen-bond donors (Lipinski definition) is 1. The molecule has 2 nitrogen and oxygen atoms in total. The zero-order valence-corrected chi connectivity index (χ0v) is 9.69. The van der Waals surface area contributed by atoms with Crippen molar-refractivity contribution in [1.82, 2.24) is 0 Å². The quantitative estimate of drug-likeness (QED) is 0.777. The first-order chi connectivity index (χ1) is 7.09. The Labute approximate surface area is 94.6 Å². The predicted octanol–water partition coefficient (Wildman–Crippen LogP) is 3.35. The van der Waals surface area contributed by atoms with Gasteiger partial charge in [-0.1, -0.05) is 25.4 Å². The van der Waals surface area contributed by atoms with Gasteiger partial charge in [0.15, 0.2) is 0 Å². The first-order valence-corrected chi connectivity index (χ1v) is 5.58. The summed E-state index contributed by atoms with van der Waals surface area (Å²) in [5, 5.41) is 3.69. The highest BCUT2D eigenvalue weighted by Crippen LogP contribution is 2.35. The fourth-order valence-corrected chi connectivity index (χ4v) is 2.49. The molecule has 1 aliphatic rings. The first kappa shape index (κ1) is 10.5. The molecule has 15 heavy (non-hydrogen) atoms. The summed E-state index contributed by atoms with van der Waals surface area (Å²) in [4.78, 5) is 11.2. The summed E-state index contributed by atoms with van der Waals surface area (Å²) in [7, 11) is 0. The van der Waals surface area contributed by atoms with Crippen LogP contribution in [0.1, 0.15) is 37.3 Å². The lowest BCUT2D eigenvalue weighted by molar-refractivity contribution is -0.116. The largest absolute Gasteiger partial charge is 0.326 e. The number of benzene rings is 1. The number of rotatable bonds is 1. The highest BCUT2D eigenvalue weighted by molar-refractivity contribution is 6.31. The number of fused-ring (bicyclic) bond motifs is 1. The Hall–Kier alpha value is -1.02. The summed E-state index contributed by atoms with van der Waals surface area (Å²) in [6.07, 6.45) is 1.36. The van der Waals surface area contributed by atoms with Crippen LogP contribution in [-0.2, 0) is 11.2 Å². The Morgan fingerprint density at radius 3 is 2.73 bits per heavy atom. The lowest BCUT2D eigenvalue weighted by Crippen LogP contribution is -2.20. The summed E-state index contributed by atoms with van der Waals surface area (Å²) < 4.78 is 0. The van der Waals surface area contributed by atoms with Crippen molar-refractivity contribution in [2.24, 2.45) is 0 Å². The van der Waals surface area contributed by atoms with Gasteiger partial charge in [0.25, 0.3) is 0 Å². The molecular formula is C12H14ClNO. The van der Waals surface area contributed by atoms with E-state index in [0.29, 0.717) is 12.3 Å². The molecule has 0 bridgehead atoms. The molecular weight excluding hydrogens is 210 g/mol. The molecule has 3 heteroatoms. The van der Waals surface area contributed by atoms with E-state index in [9.17, 15) is 4.79 Å². The zero-order chi connectivity index (χ0) is 11.0. The Balaban J connectivity index is 2.55. The van der Waals surface area contributed by atoms with Gasteiger partial charge in [0.2, 0.25) is 5.91 Å². The highest BCUT2D eigenvalue weighted by atomic mass is 35.5. The average molecular weight is 224 g/mol. The van der Waals surface area contributed by atoms with Gasteiger partial charge in [-0.05, 0) is 35.6 Å². The molecule has 1 amide bonds. The second-order valence-electron chi connectivity index (χ2n) is 4.19. The van der Waals surface area contributed by atoms with Crippen molar-refractivity contribution >= 4 is 23.2 Å². The zero-order valence-electron chi connectivity index (χ0n) is 8.93. The second kappa shape index (κ2) is 3.86. The molecule has 1 N–H and O–H groups in total. The molecule has 0 saturated carbocycles. The van der Waals surface area contributed by atoms with Crippen molar-refractivity contribution in [3.63, 3.8) is 0 Å². The minimum absolute atomic E-state index is 0.0968. The van der Waals surface area contributed by atoms with E-state index in [1.54, 1.807) is 0 Å². The van der Waals surface area contributed by atoms with E-state index in [2.05, 4.69) is 19.2 Å². The molecule has 0 unspecified atom stereocenters. The van der Waals surface area contributed by atoms with Crippen LogP contribution in [0.4, 0.5) is 5.69 Å². The van der Waals surface area contributed by atoms with E-state index >= 15 is 0 Å². The smallest absolute Gasteiger partial charge is 0.224 e. The molecule has 0 spiro atoms. The number of carbonyl (C=O) groups is 1. The molecule has 0 atom stereocenters. The van der Waals surface area contributed by atoms with Crippen molar-refractivity contribution in [3.8, 4) is 0 Å². The van der Waals surface area contributed by atoms with Crippen molar-refractivity contribution in [2.45, 2.75) is 32.6 Å². The molecule has 2 rings (SSSR count). The Morgan fingerprint density at radius 2 is 2.07 bits per heavy atom. The van der Waals surface area contributed by atoms with Crippen molar-refractivity contribution in [2.75, 3.05) is 5.32 Å². The first-order valence-electron chi connectivity index (χ1n) is 5.20. The van der Waals surface area contributed by atoms with Crippen LogP contribution in [0.3, 0.4) is 0 Å². The Morgan fingerprint density at radius 1 is 1.33 bits per heavy atom. The molecule has 1 aromatic carbocycles. The highest BCUT2D eigenvalue weighted by Gasteiger charge is 2.20. The van der Waals surface area contributed by atoms with E-state index in [0.717, 1.165) is 17.1 Å². The maximum atomic E-state index is 11.2. The van der Waals surface area contributed by atoms with Crippen LogP contribution >= 0.6 is 11.6 Å². The lowest BCUT2D eigenvalue weighted by atomic mass is 9.91. The van der Waals surface area contributed by atoms with Crippen LogP contribution < -0.4 is 5.32 Å². The molecule has 0 aromatic heterocycles. The molecule has 0 saturated heterocycles. The van der Waals surface area contributed by atoms with Crippen molar-refractivity contribution in [1.29, 1.82) is 0 Å². The van der Waals surface area contributed by atoms with E-state index in [-0.39, 0.29) is 5.91 Å². The SMILES string of the molecule is CC(C)c1c(Cl)ccc2c1CCC(=O)N2. The minimum Gasteiger partial charge on any atom is -0.326 e. The third-order valence-electron chi connectivity index (χ3n) is 2.76. The van der Waals surface area contributed by atoms with Gasteiger partial charge in [-0.25, -0.2) is 0 Å². The number of carbonyl (C=O) groups excluding carboxylic acids is 1. The Bertz CT molecular complexity index is 412. The predicted molar refractivity (Wildman–Crippen MR) is 62.5 cm³/mol. The van der Waals surface area contributed by atoms with Crippen LogP contribution in [-0.4, -0.2) is 5.91 Å². The number of amides is 1. The van der Waals surface area contributed by atoms with Crippen LogP contribution in [0.2, 0.25) is 5.02 Å². The van der Waals surface area contributed by atoms with E-state index in [1.165, 1.54) is 11.1 Å². The van der Waals surface area contributed by atoms with Gasteiger partial charge in [-0.2, -0.15) is 0 Å². The van der Waals surface area contributed by atoms with Crippen molar-refractivity contribution in [3.05, 3.63) is 28.3 Å². The topological polar surface area (TPSA) is 29.1 Å². The fourth-order valence-electron chi connectivity index (χ4n) is 2.10. The Kier molecular flexibility index (Phi) is 2.70. The summed E-state index contributed by atoms with van der Waals surface area (Å²) in [6.45, 7) is 4.25. The molecule has 1 heterocycles. The van der Waals surface area contributed by atoms with Gasteiger partial charge in [0.1, 0.15) is 0 Å². The maximum absolute atomic E-state index is 11.2. The van der Waals surface area contributed by atoms with Crippen molar-refractivity contribution < 1.29 is 4.79 Å². The molecule has 1 aromatic rings. The van der Waals surface area contributed by atoms with Crippen LogP contribution in [0.15, 0.2) is 12.1 Å². The normalized spacial score (nSPS) is 15.1. The van der Waals surface area contributed by atoms with Crippen LogP contribution in [0, 0.1) is 0 Å². The molecule has 0 fully saturated rings. The average Bonchev–Trinajstić information content (AvgIpc) is 2.17. The number of halogens is 1. The number of nitrogens with one attached hydrogen (secondary N) is 1. The third kappa shape index (κ3) is 1.86. The fraction of sp³-hybridized carbons (Fsp3) is 0.417. The molecule has 0 radical (unpaired) electrons. The summed E-state index contributed by atoms with van der Waals surface area (Å²) in [6, 6.07) is 3.75. The van der Waals surface area contributed by atoms with Gasteiger partial charge in [-0.15, -0.1) is 0 Å². The van der Waals surface area contributed by atoms with Crippen LogP contribution in [0.5, 0.6) is 0 Å². The summed E-state index contributed by atoms with van der Waals surface area (Å²) >= 11 is 6.18. The summed E-state index contributed by atoms with van der Waals surface area (Å²) in [5.74, 6) is 0.488. The molecule has 0 aliphatic carbocycles.